The van der Waals surface area contributed by atoms with Gasteiger partial charge in [-0.05, 0) is 50.1 Å². The topological polar surface area (TPSA) is 79.6 Å². The smallest absolute Gasteiger partial charge is 0.259 e. The maximum absolute atomic E-state index is 13.1. The zero-order chi connectivity index (χ0) is 17.9. The molecular formula is C19H24N4O3. The first-order chi connectivity index (χ1) is 12.8. The van der Waals surface area contributed by atoms with E-state index in [4.69, 9.17) is 9.26 Å². The van der Waals surface area contributed by atoms with E-state index in [2.05, 4.69) is 20.7 Å². The largest absolute Gasteiger partial charge is 0.497 e. The van der Waals surface area contributed by atoms with Crippen molar-refractivity contribution in [1.82, 2.24) is 15.8 Å². The molecule has 1 atom stereocenters. The molecule has 0 saturated carbocycles. The van der Waals surface area contributed by atoms with Crippen LogP contribution in [0, 0.1) is 0 Å². The Morgan fingerprint density at radius 3 is 2.73 bits per heavy atom. The van der Waals surface area contributed by atoms with Crippen molar-refractivity contribution in [3.63, 3.8) is 0 Å². The monoisotopic (exact) mass is 356 g/mol. The highest BCUT2D eigenvalue weighted by atomic mass is 16.5. The van der Waals surface area contributed by atoms with E-state index in [9.17, 15) is 4.79 Å². The van der Waals surface area contributed by atoms with Crippen molar-refractivity contribution >= 4 is 11.7 Å². The lowest BCUT2D eigenvalue weighted by Crippen LogP contribution is -2.37. The van der Waals surface area contributed by atoms with Gasteiger partial charge in [0.1, 0.15) is 11.3 Å². The molecule has 7 heteroatoms. The first-order valence-corrected chi connectivity index (χ1v) is 9.17. The van der Waals surface area contributed by atoms with Crippen LogP contribution in [-0.4, -0.2) is 50.4 Å². The Labute approximate surface area is 152 Å². The predicted octanol–water partition coefficient (Wildman–Crippen LogP) is 2.04. The fraction of sp³-hybridized carbons (Fsp3) is 0.474. The van der Waals surface area contributed by atoms with Crippen molar-refractivity contribution in [2.45, 2.75) is 25.3 Å². The second kappa shape index (κ2) is 7.37. The Kier molecular flexibility index (Phi) is 4.79. The number of nitrogens with one attached hydrogen (secondary N) is 2. The molecule has 2 aromatic rings. The number of hydrogen-bond acceptors (Lipinski definition) is 6. The molecule has 138 valence electrons. The van der Waals surface area contributed by atoms with Gasteiger partial charge in [0.05, 0.1) is 7.11 Å². The third kappa shape index (κ3) is 3.26. The fourth-order valence-electron chi connectivity index (χ4n) is 3.61. The van der Waals surface area contributed by atoms with Gasteiger partial charge in [0.15, 0.2) is 11.6 Å². The average molecular weight is 356 g/mol. The fourth-order valence-corrected chi connectivity index (χ4v) is 3.61. The summed E-state index contributed by atoms with van der Waals surface area (Å²) < 4.78 is 10.9. The maximum atomic E-state index is 13.1. The van der Waals surface area contributed by atoms with E-state index < -0.39 is 0 Å². The molecule has 1 amide bonds. The molecule has 0 unspecified atom stereocenters. The number of benzene rings is 1. The van der Waals surface area contributed by atoms with Gasteiger partial charge < -0.3 is 24.8 Å². The molecule has 2 aliphatic rings. The molecule has 1 aromatic carbocycles. The Morgan fingerprint density at radius 2 is 2.08 bits per heavy atom. The zero-order valence-corrected chi connectivity index (χ0v) is 15.0. The molecule has 2 N–H and O–H groups in total. The second-order valence-corrected chi connectivity index (χ2v) is 6.80. The molecule has 2 aliphatic heterocycles. The quantitative estimate of drug-likeness (QED) is 0.853. The van der Waals surface area contributed by atoms with Crippen LogP contribution >= 0.6 is 0 Å². The van der Waals surface area contributed by atoms with Crippen molar-refractivity contribution in [2.75, 3.05) is 38.2 Å². The van der Waals surface area contributed by atoms with Gasteiger partial charge >= 0.3 is 0 Å². The van der Waals surface area contributed by atoms with Crippen LogP contribution in [0.2, 0.25) is 0 Å². The predicted molar refractivity (Wildman–Crippen MR) is 98.7 cm³/mol. The summed E-state index contributed by atoms with van der Waals surface area (Å²) in [5, 5.41) is 10.7. The number of ether oxygens (including phenoxy) is 1. The number of anilines is 1. The molecule has 0 aliphatic carbocycles. The summed E-state index contributed by atoms with van der Waals surface area (Å²) in [6.07, 6.45) is 3.16. The summed E-state index contributed by atoms with van der Waals surface area (Å²) in [4.78, 5) is 15.2. The number of nitrogens with zero attached hydrogens (tertiary/aromatic N) is 2. The molecule has 2 fully saturated rings. The summed E-state index contributed by atoms with van der Waals surface area (Å²) >= 11 is 0. The Morgan fingerprint density at radius 1 is 1.31 bits per heavy atom. The van der Waals surface area contributed by atoms with E-state index in [1.165, 1.54) is 0 Å². The van der Waals surface area contributed by atoms with Gasteiger partial charge in [0.2, 0.25) is 0 Å². The van der Waals surface area contributed by atoms with Gasteiger partial charge in [-0.3, -0.25) is 4.79 Å². The van der Waals surface area contributed by atoms with Gasteiger partial charge in [-0.1, -0.05) is 5.16 Å². The van der Waals surface area contributed by atoms with Gasteiger partial charge in [0, 0.05) is 31.2 Å². The molecule has 26 heavy (non-hydrogen) atoms. The lowest BCUT2D eigenvalue weighted by atomic mass is 10.1. The molecule has 7 nitrogen and oxygen atoms in total. The minimum absolute atomic E-state index is 0.118. The molecule has 0 radical (unpaired) electrons. The van der Waals surface area contributed by atoms with Gasteiger partial charge in [0.25, 0.3) is 5.91 Å². The molecule has 1 aromatic heterocycles. The standard InChI is InChI=1S/C19H24N4O3/c1-25-15-6-4-13(5-7-15)17-16(19(24)21-14-8-9-20-12-14)18(22-26-17)23-10-2-3-11-23/h4-7,14,20H,2-3,8-12H2,1H3,(H,21,24)/t14-/m0/s1. The normalized spacial score (nSPS) is 19.7. The van der Waals surface area contributed by atoms with Crippen LogP contribution in [0.1, 0.15) is 29.6 Å². The summed E-state index contributed by atoms with van der Waals surface area (Å²) in [5.41, 5.74) is 1.35. The zero-order valence-electron chi connectivity index (χ0n) is 15.0. The third-order valence-electron chi connectivity index (χ3n) is 5.05. The minimum Gasteiger partial charge on any atom is -0.497 e. The second-order valence-electron chi connectivity index (χ2n) is 6.80. The van der Waals surface area contributed by atoms with Crippen molar-refractivity contribution in [2.24, 2.45) is 0 Å². The van der Waals surface area contributed by atoms with Crippen LogP contribution in [0.15, 0.2) is 28.8 Å². The first-order valence-electron chi connectivity index (χ1n) is 9.17. The Hall–Kier alpha value is -2.54. The summed E-state index contributed by atoms with van der Waals surface area (Å²) in [7, 11) is 1.63. The number of carbonyl (C=O) groups excluding carboxylic acids is 1. The van der Waals surface area contributed by atoms with Crippen LogP contribution < -0.4 is 20.3 Å². The summed E-state index contributed by atoms with van der Waals surface area (Å²) in [5.74, 6) is 1.80. The van der Waals surface area contributed by atoms with Crippen molar-refractivity contribution < 1.29 is 14.1 Å². The van der Waals surface area contributed by atoms with Gasteiger partial charge in [-0.15, -0.1) is 0 Å². The molecule has 0 spiro atoms. The highest BCUT2D eigenvalue weighted by Gasteiger charge is 2.30. The van der Waals surface area contributed by atoms with Crippen LogP contribution in [0.4, 0.5) is 5.82 Å². The van der Waals surface area contributed by atoms with E-state index in [1.54, 1.807) is 7.11 Å². The minimum atomic E-state index is -0.118. The number of aromatic nitrogens is 1. The number of carbonyl (C=O) groups is 1. The first kappa shape index (κ1) is 16.9. The van der Waals surface area contributed by atoms with Crippen molar-refractivity contribution in [1.29, 1.82) is 0 Å². The molecule has 2 saturated heterocycles. The average Bonchev–Trinajstić information content (AvgIpc) is 3.41. The molecule has 3 heterocycles. The van der Waals surface area contributed by atoms with E-state index in [-0.39, 0.29) is 11.9 Å². The lowest BCUT2D eigenvalue weighted by Gasteiger charge is -2.17. The molecule has 0 bridgehead atoms. The van der Waals surface area contributed by atoms with Crippen molar-refractivity contribution in [3.8, 4) is 17.1 Å². The molecular weight excluding hydrogens is 332 g/mol. The van der Waals surface area contributed by atoms with Gasteiger partial charge in [-0.2, -0.15) is 0 Å². The number of hydrogen-bond donors (Lipinski definition) is 2. The Balaban J connectivity index is 1.69. The number of rotatable bonds is 5. The van der Waals surface area contributed by atoms with E-state index in [0.717, 1.165) is 56.8 Å². The van der Waals surface area contributed by atoms with E-state index in [1.807, 2.05) is 24.3 Å². The van der Waals surface area contributed by atoms with Gasteiger partial charge in [-0.25, -0.2) is 0 Å². The van der Waals surface area contributed by atoms with Crippen LogP contribution in [0.3, 0.4) is 0 Å². The van der Waals surface area contributed by atoms with Crippen LogP contribution in [-0.2, 0) is 0 Å². The Bertz CT molecular complexity index is 760. The van der Waals surface area contributed by atoms with Crippen LogP contribution in [0.25, 0.3) is 11.3 Å². The summed E-state index contributed by atoms with van der Waals surface area (Å²) in [6.45, 7) is 3.53. The lowest BCUT2D eigenvalue weighted by molar-refractivity contribution is 0.0941. The van der Waals surface area contributed by atoms with Crippen LogP contribution in [0.5, 0.6) is 5.75 Å². The van der Waals surface area contributed by atoms with E-state index >= 15 is 0 Å². The van der Waals surface area contributed by atoms with Crippen molar-refractivity contribution in [3.05, 3.63) is 29.8 Å². The van der Waals surface area contributed by atoms with E-state index in [0.29, 0.717) is 17.1 Å². The maximum Gasteiger partial charge on any atom is 0.259 e. The highest BCUT2D eigenvalue weighted by molar-refractivity contribution is 6.04. The highest BCUT2D eigenvalue weighted by Crippen LogP contribution is 2.33. The number of amides is 1. The third-order valence-corrected chi connectivity index (χ3v) is 5.05. The number of methoxy groups -OCH3 is 1. The SMILES string of the molecule is COc1ccc(-c2onc(N3CCCC3)c2C(=O)N[C@H]2CCNC2)cc1. The molecule has 4 rings (SSSR count). The summed E-state index contributed by atoms with van der Waals surface area (Å²) in [6, 6.07) is 7.64.